The number of rotatable bonds is 10. The molecular weight excluding hydrogens is 266 g/mol. The van der Waals surface area contributed by atoms with E-state index in [9.17, 15) is 4.79 Å². The van der Waals surface area contributed by atoms with Gasteiger partial charge < -0.3 is 14.8 Å². The molecule has 0 aliphatic carbocycles. The minimum atomic E-state index is -0.193. The molecule has 1 atom stereocenters. The van der Waals surface area contributed by atoms with Crippen molar-refractivity contribution in [2.45, 2.75) is 46.3 Å². The Morgan fingerprint density at radius 1 is 1.19 bits per heavy atom. The highest BCUT2D eigenvalue weighted by Crippen LogP contribution is 2.13. The monoisotopic (exact) mass is 293 g/mol. The zero-order chi connectivity index (χ0) is 15.7. The van der Waals surface area contributed by atoms with Crippen molar-refractivity contribution < 1.29 is 14.3 Å². The first-order valence-electron chi connectivity index (χ1n) is 7.66. The number of ketones is 1. The Labute approximate surface area is 127 Å². The van der Waals surface area contributed by atoms with Crippen molar-refractivity contribution in [3.05, 3.63) is 29.8 Å². The average Bonchev–Trinajstić information content (AvgIpc) is 2.46. The third-order valence-corrected chi connectivity index (χ3v) is 3.07. The van der Waals surface area contributed by atoms with Crippen molar-refractivity contribution in [3.8, 4) is 5.75 Å². The van der Waals surface area contributed by atoms with E-state index in [1.165, 1.54) is 0 Å². The first kappa shape index (κ1) is 17.7. The zero-order valence-electron chi connectivity index (χ0n) is 13.5. The lowest BCUT2D eigenvalue weighted by Gasteiger charge is -2.14. The predicted molar refractivity (Wildman–Crippen MR) is 85.1 cm³/mol. The fourth-order valence-corrected chi connectivity index (χ4v) is 1.93. The summed E-state index contributed by atoms with van der Waals surface area (Å²) in [4.78, 5) is 12.3. The van der Waals surface area contributed by atoms with E-state index in [4.69, 9.17) is 9.47 Å². The van der Waals surface area contributed by atoms with Crippen LogP contribution in [0.1, 0.15) is 44.5 Å². The van der Waals surface area contributed by atoms with Crippen LogP contribution in [0.25, 0.3) is 0 Å². The van der Waals surface area contributed by atoms with Crippen molar-refractivity contribution in [2.75, 3.05) is 19.8 Å². The van der Waals surface area contributed by atoms with Gasteiger partial charge in [0.15, 0.2) is 5.78 Å². The fourth-order valence-electron chi connectivity index (χ4n) is 1.93. The number of nitrogens with one attached hydrogen (secondary N) is 1. The quantitative estimate of drug-likeness (QED) is 0.532. The molecule has 1 rings (SSSR count). The number of carbonyl (C=O) groups is 1. The van der Waals surface area contributed by atoms with E-state index in [-0.39, 0.29) is 17.9 Å². The first-order chi connectivity index (χ1) is 10.0. The van der Waals surface area contributed by atoms with E-state index >= 15 is 0 Å². The second kappa shape index (κ2) is 9.53. The third-order valence-electron chi connectivity index (χ3n) is 3.07. The minimum absolute atomic E-state index is 0.0998. The van der Waals surface area contributed by atoms with Gasteiger partial charge in [-0.05, 0) is 64.9 Å². The van der Waals surface area contributed by atoms with Crippen LogP contribution >= 0.6 is 0 Å². The molecule has 1 N–H and O–H groups in total. The number of carbonyl (C=O) groups excluding carboxylic acids is 1. The summed E-state index contributed by atoms with van der Waals surface area (Å²) in [5.74, 6) is 0.892. The molecule has 0 aromatic heterocycles. The Kier molecular flexibility index (Phi) is 8.01. The number of hydrogen-bond donors (Lipinski definition) is 1. The maximum atomic E-state index is 12.3. The molecule has 0 radical (unpaired) electrons. The van der Waals surface area contributed by atoms with E-state index in [0.29, 0.717) is 18.8 Å². The summed E-state index contributed by atoms with van der Waals surface area (Å²) in [6.07, 6.45) is 1.16. The Balaban J connectivity index is 2.36. The number of benzene rings is 1. The van der Waals surface area contributed by atoms with Gasteiger partial charge in [0.05, 0.1) is 18.8 Å². The summed E-state index contributed by atoms with van der Waals surface area (Å²) >= 11 is 0. The Morgan fingerprint density at radius 2 is 1.86 bits per heavy atom. The van der Waals surface area contributed by atoms with Gasteiger partial charge in [-0.1, -0.05) is 0 Å². The summed E-state index contributed by atoms with van der Waals surface area (Å²) in [5, 5.41) is 3.23. The van der Waals surface area contributed by atoms with E-state index in [1.54, 1.807) is 0 Å². The highest BCUT2D eigenvalue weighted by atomic mass is 16.5. The summed E-state index contributed by atoms with van der Waals surface area (Å²) in [7, 11) is 0. The molecule has 0 bridgehead atoms. The van der Waals surface area contributed by atoms with E-state index < -0.39 is 0 Å². The normalized spacial score (nSPS) is 12.4. The molecule has 0 amide bonds. The van der Waals surface area contributed by atoms with Crippen molar-refractivity contribution in [2.24, 2.45) is 0 Å². The molecule has 1 unspecified atom stereocenters. The van der Waals surface area contributed by atoms with Gasteiger partial charge in [-0.25, -0.2) is 0 Å². The summed E-state index contributed by atoms with van der Waals surface area (Å²) < 4.78 is 10.8. The molecule has 0 heterocycles. The van der Waals surface area contributed by atoms with Gasteiger partial charge in [-0.15, -0.1) is 0 Å². The van der Waals surface area contributed by atoms with Crippen LogP contribution in [0.4, 0.5) is 0 Å². The van der Waals surface area contributed by atoms with Crippen LogP contribution in [0.15, 0.2) is 24.3 Å². The van der Waals surface area contributed by atoms with Crippen molar-refractivity contribution in [3.63, 3.8) is 0 Å². The van der Waals surface area contributed by atoms with Crippen LogP contribution < -0.4 is 10.1 Å². The smallest absolute Gasteiger partial charge is 0.179 e. The second-order valence-corrected chi connectivity index (χ2v) is 5.27. The molecule has 0 saturated heterocycles. The summed E-state index contributed by atoms with van der Waals surface area (Å²) in [6, 6.07) is 7.10. The van der Waals surface area contributed by atoms with Crippen LogP contribution in [0.2, 0.25) is 0 Å². The Morgan fingerprint density at radius 3 is 2.43 bits per heavy atom. The van der Waals surface area contributed by atoms with Gasteiger partial charge in [0.2, 0.25) is 0 Å². The second-order valence-electron chi connectivity index (χ2n) is 5.27. The van der Waals surface area contributed by atoms with Crippen LogP contribution in [0.3, 0.4) is 0 Å². The van der Waals surface area contributed by atoms with Crippen LogP contribution in [-0.2, 0) is 4.74 Å². The Bertz CT molecular complexity index is 415. The third kappa shape index (κ3) is 6.74. The standard InChI is InChI=1S/C17H27NO3/c1-5-20-16-9-7-15(8-10-16)17(19)14(4)18-11-6-12-21-13(2)3/h7-10,13-14,18H,5-6,11-12H2,1-4H3. The van der Waals surface area contributed by atoms with Gasteiger partial charge in [-0.3, -0.25) is 4.79 Å². The van der Waals surface area contributed by atoms with Crippen molar-refractivity contribution in [1.29, 1.82) is 0 Å². The molecule has 118 valence electrons. The highest BCUT2D eigenvalue weighted by molar-refractivity contribution is 5.99. The highest BCUT2D eigenvalue weighted by Gasteiger charge is 2.14. The molecule has 4 heteroatoms. The lowest BCUT2D eigenvalue weighted by atomic mass is 10.1. The van der Waals surface area contributed by atoms with E-state index in [2.05, 4.69) is 5.32 Å². The molecule has 0 spiro atoms. The molecule has 21 heavy (non-hydrogen) atoms. The topological polar surface area (TPSA) is 47.6 Å². The first-order valence-corrected chi connectivity index (χ1v) is 7.66. The molecule has 0 saturated carbocycles. The maximum absolute atomic E-state index is 12.3. The van der Waals surface area contributed by atoms with Crippen molar-refractivity contribution >= 4 is 5.78 Å². The SMILES string of the molecule is CCOc1ccc(C(=O)C(C)NCCCOC(C)C)cc1. The average molecular weight is 293 g/mol. The Hall–Kier alpha value is -1.39. The lowest BCUT2D eigenvalue weighted by Crippen LogP contribution is -2.35. The van der Waals surface area contributed by atoms with Gasteiger partial charge in [0.25, 0.3) is 0 Å². The zero-order valence-corrected chi connectivity index (χ0v) is 13.5. The summed E-state index contributed by atoms with van der Waals surface area (Å²) in [6.45, 7) is 9.99. The lowest BCUT2D eigenvalue weighted by molar-refractivity contribution is 0.0760. The summed E-state index contributed by atoms with van der Waals surface area (Å²) in [5.41, 5.74) is 0.705. The predicted octanol–water partition coefficient (Wildman–Crippen LogP) is 3.06. The molecule has 0 aliphatic rings. The number of hydrogen-bond acceptors (Lipinski definition) is 4. The fraction of sp³-hybridized carbons (Fsp3) is 0.588. The molecule has 4 nitrogen and oxygen atoms in total. The van der Waals surface area contributed by atoms with Crippen LogP contribution in [0.5, 0.6) is 5.75 Å². The van der Waals surface area contributed by atoms with Gasteiger partial charge in [0, 0.05) is 12.2 Å². The molecule has 1 aromatic rings. The van der Waals surface area contributed by atoms with E-state index in [0.717, 1.165) is 18.7 Å². The van der Waals surface area contributed by atoms with Crippen LogP contribution in [-0.4, -0.2) is 37.7 Å². The molecule has 1 aromatic carbocycles. The van der Waals surface area contributed by atoms with Gasteiger partial charge in [-0.2, -0.15) is 0 Å². The molecular formula is C17H27NO3. The minimum Gasteiger partial charge on any atom is -0.494 e. The largest absolute Gasteiger partial charge is 0.494 e. The number of ether oxygens (including phenoxy) is 2. The number of Topliss-reactive ketones (excluding diaryl/α,β-unsaturated/α-hetero) is 1. The maximum Gasteiger partial charge on any atom is 0.179 e. The van der Waals surface area contributed by atoms with Gasteiger partial charge >= 0.3 is 0 Å². The van der Waals surface area contributed by atoms with Crippen molar-refractivity contribution in [1.82, 2.24) is 5.32 Å². The molecule has 0 aliphatic heterocycles. The van der Waals surface area contributed by atoms with Crippen LogP contribution in [0, 0.1) is 0 Å². The van der Waals surface area contributed by atoms with Gasteiger partial charge in [0.1, 0.15) is 5.75 Å². The van der Waals surface area contributed by atoms with E-state index in [1.807, 2.05) is 52.0 Å². The molecule has 0 fully saturated rings.